The maximum atomic E-state index is 12.6. The summed E-state index contributed by atoms with van der Waals surface area (Å²) in [4.78, 5) is 24.2. The molecule has 1 heterocycles. The predicted molar refractivity (Wildman–Crippen MR) is 119 cm³/mol. The van der Waals surface area contributed by atoms with Crippen LogP contribution in [0.5, 0.6) is 0 Å². The number of carbonyl (C=O) groups excluding carboxylic acids is 1. The van der Waals surface area contributed by atoms with Crippen molar-refractivity contribution in [2.45, 2.75) is 13.8 Å². The van der Waals surface area contributed by atoms with E-state index in [-0.39, 0.29) is 11.1 Å². The van der Waals surface area contributed by atoms with Crippen LogP contribution in [0.2, 0.25) is 0 Å². The van der Waals surface area contributed by atoms with Gasteiger partial charge in [0, 0.05) is 21.5 Å². The van der Waals surface area contributed by atoms with Gasteiger partial charge in [-0.1, -0.05) is 28.1 Å². The van der Waals surface area contributed by atoms with Crippen LogP contribution in [0, 0.1) is 25.2 Å². The Morgan fingerprint density at radius 2 is 1.80 bits per heavy atom. The second kappa shape index (κ2) is 8.80. The smallest absolute Gasteiger partial charge is 0.337 e. The molecule has 0 unspecified atom stereocenters. The van der Waals surface area contributed by atoms with Crippen molar-refractivity contribution < 1.29 is 14.7 Å². The van der Waals surface area contributed by atoms with Crippen molar-refractivity contribution in [3.8, 4) is 11.8 Å². The molecular formula is C23H18BrN3O3. The van der Waals surface area contributed by atoms with Gasteiger partial charge in [-0.2, -0.15) is 5.26 Å². The standard InChI is InChI=1S/C23H18BrN3O3/c1-14-11-16(15(2)27(14)21-6-4-3-5-20(21)23(29)30)12-17(13-25)22(28)26-19-9-7-18(24)8-10-19/h3-12H,1-2H3,(H,26,28)(H,29,30)/b17-12-. The number of aryl methyl sites for hydroxylation is 1. The Kier molecular flexibility index (Phi) is 6.19. The van der Waals surface area contributed by atoms with E-state index >= 15 is 0 Å². The molecule has 30 heavy (non-hydrogen) atoms. The molecule has 3 aromatic rings. The van der Waals surface area contributed by atoms with E-state index in [4.69, 9.17) is 0 Å². The maximum Gasteiger partial charge on any atom is 0.337 e. The van der Waals surface area contributed by atoms with Gasteiger partial charge in [0.25, 0.3) is 5.91 Å². The summed E-state index contributed by atoms with van der Waals surface area (Å²) in [6.45, 7) is 3.66. The van der Waals surface area contributed by atoms with E-state index < -0.39 is 11.9 Å². The van der Waals surface area contributed by atoms with Crippen molar-refractivity contribution in [1.82, 2.24) is 4.57 Å². The maximum absolute atomic E-state index is 12.6. The van der Waals surface area contributed by atoms with Gasteiger partial charge in [-0.25, -0.2) is 4.79 Å². The lowest BCUT2D eigenvalue weighted by atomic mass is 10.1. The van der Waals surface area contributed by atoms with E-state index in [1.807, 2.05) is 26.0 Å². The lowest BCUT2D eigenvalue weighted by Crippen LogP contribution is -2.13. The molecular weight excluding hydrogens is 446 g/mol. The molecule has 1 amide bonds. The van der Waals surface area contributed by atoms with E-state index in [9.17, 15) is 20.0 Å². The van der Waals surface area contributed by atoms with Crippen molar-refractivity contribution in [2.75, 3.05) is 5.32 Å². The van der Waals surface area contributed by atoms with Gasteiger partial charge in [0.1, 0.15) is 11.6 Å². The second-order valence-electron chi connectivity index (χ2n) is 6.62. The van der Waals surface area contributed by atoms with Gasteiger partial charge in [-0.05, 0) is 68.0 Å². The van der Waals surface area contributed by atoms with Crippen molar-refractivity contribution in [2.24, 2.45) is 0 Å². The molecule has 0 atom stereocenters. The number of hydrogen-bond donors (Lipinski definition) is 2. The molecule has 0 saturated heterocycles. The fourth-order valence-electron chi connectivity index (χ4n) is 3.19. The molecule has 150 valence electrons. The first-order chi connectivity index (χ1) is 14.3. The number of para-hydroxylation sites is 1. The summed E-state index contributed by atoms with van der Waals surface area (Å²) in [7, 11) is 0. The Balaban J connectivity index is 1.98. The molecule has 1 aromatic heterocycles. The third kappa shape index (κ3) is 4.34. The van der Waals surface area contributed by atoms with Crippen LogP contribution in [0.1, 0.15) is 27.3 Å². The molecule has 0 aliphatic rings. The highest BCUT2D eigenvalue weighted by molar-refractivity contribution is 9.10. The number of aromatic nitrogens is 1. The van der Waals surface area contributed by atoms with Gasteiger partial charge < -0.3 is 15.0 Å². The first kappa shape index (κ1) is 21.1. The Labute approximate surface area is 182 Å². The molecule has 3 rings (SSSR count). The first-order valence-corrected chi connectivity index (χ1v) is 9.81. The second-order valence-corrected chi connectivity index (χ2v) is 7.53. The molecule has 2 aromatic carbocycles. The van der Waals surface area contributed by atoms with Gasteiger partial charge in [0.15, 0.2) is 0 Å². The number of hydrogen-bond acceptors (Lipinski definition) is 3. The van der Waals surface area contributed by atoms with E-state index in [2.05, 4.69) is 21.2 Å². The summed E-state index contributed by atoms with van der Waals surface area (Å²) in [5.41, 5.74) is 3.40. The number of nitrogens with zero attached hydrogens (tertiary/aromatic N) is 2. The number of nitrogens with one attached hydrogen (secondary N) is 1. The highest BCUT2D eigenvalue weighted by Gasteiger charge is 2.17. The molecule has 0 saturated carbocycles. The Morgan fingerprint density at radius 1 is 1.13 bits per heavy atom. The molecule has 0 aliphatic heterocycles. The molecule has 0 bridgehead atoms. The van der Waals surface area contributed by atoms with E-state index in [1.165, 1.54) is 6.08 Å². The third-order valence-corrected chi connectivity index (χ3v) is 5.14. The number of halogens is 1. The SMILES string of the molecule is Cc1cc(/C=C(/C#N)C(=O)Nc2ccc(Br)cc2)c(C)n1-c1ccccc1C(=O)O. The van der Waals surface area contributed by atoms with Gasteiger partial charge >= 0.3 is 5.97 Å². The highest BCUT2D eigenvalue weighted by atomic mass is 79.9. The van der Waals surface area contributed by atoms with Gasteiger partial charge in [-0.3, -0.25) is 4.79 Å². The van der Waals surface area contributed by atoms with Gasteiger partial charge in [-0.15, -0.1) is 0 Å². The van der Waals surface area contributed by atoms with Crippen LogP contribution in [0.3, 0.4) is 0 Å². The number of anilines is 1. The Hall–Kier alpha value is -3.63. The third-order valence-electron chi connectivity index (χ3n) is 4.61. The zero-order valence-corrected chi connectivity index (χ0v) is 17.9. The van der Waals surface area contributed by atoms with Crippen LogP contribution in [-0.4, -0.2) is 21.6 Å². The van der Waals surface area contributed by atoms with Crippen molar-refractivity contribution in [3.63, 3.8) is 0 Å². The van der Waals surface area contributed by atoms with Crippen LogP contribution in [0.25, 0.3) is 11.8 Å². The molecule has 0 spiro atoms. The normalized spacial score (nSPS) is 11.1. The summed E-state index contributed by atoms with van der Waals surface area (Å²) in [5.74, 6) is -1.54. The summed E-state index contributed by atoms with van der Waals surface area (Å²) in [6.07, 6.45) is 1.51. The van der Waals surface area contributed by atoms with E-state index in [0.29, 0.717) is 16.9 Å². The zero-order valence-electron chi connectivity index (χ0n) is 16.3. The topological polar surface area (TPSA) is 95.1 Å². The minimum absolute atomic E-state index is 0.0512. The summed E-state index contributed by atoms with van der Waals surface area (Å²) in [5, 5.41) is 21.7. The van der Waals surface area contributed by atoms with Gasteiger partial charge in [0.2, 0.25) is 0 Å². The number of rotatable bonds is 5. The molecule has 6 nitrogen and oxygen atoms in total. The molecule has 7 heteroatoms. The van der Waals surface area contributed by atoms with E-state index in [0.717, 1.165) is 15.9 Å². The highest BCUT2D eigenvalue weighted by Crippen LogP contribution is 2.25. The molecule has 0 fully saturated rings. The number of aromatic carboxylic acids is 1. The monoisotopic (exact) mass is 463 g/mol. The van der Waals surface area contributed by atoms with Crippen LogP contribution in [0.15, 0.2) is 64.6 Å². The summed E-state index contributed by atoms with van der Waals surface area (Å²) < 4.78 is 2.68. The Morgan fingerprint density at radius 3 is 2.43 bits per heavy atom. The minimum atomic E-state index is -1.03. The lowest BCUT2D eigenvalue weighted by molar-refractivity contribution is -0.112. The number of amides is 1. The van der Waals surface area contributed by atoms with E-state index in [1.54, 1.807) is 53.1 Å². The number of carbonyl (C=O) groups is 2. The van der Waals surface area contributed by atoms with Crippen LogP contribution < -0.4 is 5.32 Å². The fourth-order valence-corrected chi connectivity index (χ4v) is 3.45. The lowest BCUT2D eigenvalue weighted by Gasteiger charge is -2.12. The number of carboxylic acid groups (broad SMARTS) is 1. The summed E-state index contributed by atoms with van der Waals surface area (Å²) in [6, 6.07) is 17.5. The molecule has 2 N–H and O–H groups in total. The van der Waals surface area contributed by atoms with Crippen LogP contribution in [0.4, 0.5) is 5.69 Å². The minimum Gasteiger partial charge on any atom is -0.478 e. The van der Waals surface area contributed by atoms with Crippen LogP contribution >= 0.6 is 15.9 Å². The molecule has 0 radical (unpaired) electrons. The Bertz CT molecular complexity index is 1200. The van der Waals surface area contributed by atoms with Crippen molar-refractivity contribution >= 4 is 39.6 Å². The average molecular weight is 464 g/mol. The molecule has 0 aliphatic carbocycles. The van der Waals surface area contributed by atoms with Crippen molar-refractivity contribution in [3.05, 3.63) is 87.2 Å². The van der Waals surface area contributed by atoms with Crippen molar-refractivity contribution in [1.29, 1.82) is 5.26 Å². The largest absolute Gasteiger partial charge is 0.478 e. The quantitative estimate of drug-likeness (QED) is 0.406. The van der Waals surface area contributed by atoms with Gasteiger partial charge in [0.05, 0.1) is 11.3 Å². The predicted octanol–water partition coefficient (Wildman–Crippen LogP) is 5.10. The summed E-state index contributed by atoms with van der Waals surface area (Å²) >= 11 is 3.33. The number of nitriles is 1. The first-order valence-electron chi connectivity index (χ1n) is 9.02. The van der Waals surface area contributed by atoms with Crippen LogP contribution in [-0.2, 0) is 4.79 Å². The average Bonchev–Trinajstić information content (AvgIpc) is 3.00. The fraction of sp³-hybridized carbons (Fsp3) is 0.0870. The zero-order chi connectivity index (χ0) is 21.8. The number of benzene rings is 2. The number of carboxylic acids is 1.